The summed E-state index contributed by atoms with van der Waals surface area (Å²) >= 11 is 5.04. The van der Waals surface area contributed by atoms with Crippen LogP contribution in [0.15, 0.2) is 22.7 Å². The van der Waals surface area contributed by atoms with Crippen LogP contribution >= 0.6 is 27.3 Å². The molecule has 5 heteroatoms. The maximum absolute atomic E-state index is 13.0. The van der Waals surface area contributed by atoms with Gasteiger partial charge in [-0.05, 0) is 54.9 Å². The molecule has 0 spiro atoms. The van der Waals surface area contributed by atoms with Crippen LogP contribution in [0.4, 0.5) is 10.1 Å². The van der Waals surface area contributed by atoms with Gasteiger partial charge in [-0.1, -0.05) is 0 Å². The number of rotatable bonds is 3. The lowest BCUT2D eigenvalue weighted by molar-refractivity contribution is 0.627. The molecule has 1 N–H and O–H groups in total. The van der Waals surface area contributed by atoms with Gasteiger partial charge < -0.3 is 5.32 Å². The Morgan fingerprint density at radius 1 is 1.39 bits per heavy atom. The van der Waals surface area contributed by atoms with Crippen molar-refractivity contribution in [3.8, 4) is 0 Å². The summed E-state index contributed by atoms with van der Waals surface area (Å²) in [5.41, 5.74) is 1.94. The monoisotopic (exact) mass is 328 g/mol. The number of nitrogens with zero attached hydrogens (tertiary/aromatic N) is 1. The van der Waals surface area contributed by atoms with Gasteiger partial charge in [-0.2, -0.15) is 0 Å². The van der Waals surface area contributed by atoms with Crippen LogP contribution < -0.4 is 5.32 Å². The molecule has 1 heterocycles. The van der Waals surface area contributed by atoms with Crippen molar-refractivity contribution in [3.63, 3.8) is 0 Å². The van der Waals surface area contributed by atoms with E-state index in [4.69, 9.17) is 0 Å². The van der Waals surface area contributed by atoms with Gasteiger partial charge in [0.25, 0.3) is 0 Å². The van der Waals surface area contributed by atoms with Crippen molar-refractivity contribution < 1.29 is 4.39 Å². The minimum atomic E-state index is -0.245. The van der Waals surface area contributed by atoms with Crippen molar-refractivity contribution in [3.05, 3.63) is 44.1 Å². The van der Waals surface area contributed by atoms with E-state index in [1.54, 1.807) is 17.4 Å². The van der Waals surface area contributed by atoms with E-state index in [1.807, 2.05) is 13.8 Å². The van der Waals surface area contributed by atoms with Gasteiger partial charge in [-0.3, -0.25) is 0 Å². The van der Waals surface area contributed by atoms with Gasteiger partial charge in [0.2, 0.25) is 0 Å². The first-order valence-electron chi connectivity index (χ1n) is 5.63. The molecule has 0 radical (unpaired) electrons. The Kier molecular flexibility index (Phi) is 4.02. The lowest BCUT2D eigenvalue weighted by Crippen LogP contribution is -2.06. The largest absolute Gasteiger partial charge is 0.377 e. The van der Waals surface area contributed by atoms with Crippen molar-refractivity contribution in [2.75, 3.05) is 5.32 Å². The highest BCUT2D eigenvalue weighted by Gasteiger charge is 2.14. The highest BCUT2D eigenvalue weighted by molar-refractivity contribution is 9.10. The lowest BCUT2D eigenvalue weighted by atomic mass is 10.2. The van der Waals surface area contributed by atoms with Gasteiger partial charge >= 0.3 is 0 Å². The molecule has 1 aromatic heterocycles. The summed E-state index contributed by atoms with van der Waals surface area (Å²) in [5.74, 6) is -0.245. The number of benzene rings is 1. The summed E-state index contributed by atoms with van der Waals surface area (Å²) in [5, 5.41) is 4.43. The number of anilines is 1. The normalized spacial score (nSPS) is 12.5. The smallest absolute Gasteiger partial charge is 0.124 e. The van der Waals surface area contributed by atoms with Gasteiger partial charge in [0.1, 0.15) is 5.82 Å². The van der Waals surface area contributed by atoms with Gasteiger partial charge in [-0.15, -0.1) is 11.3 Å². The quantitative estimate of drug-likeness (QED) is 0.872. The third kappa shape index (κ3) is 2.90. The van der Waals surface area contributed by atoms with E-state index < -0.39 is 0 Å². The van der Waals surface area contributed by atoms with Crippen LogP contribution in [-0.4, -0.2) is 4.98 Å². The first kappa shape index (κ1) is 13.5. The highest BCUT2D eigenvalue weighted by Crippen LogP contribution is 2.30. The zero-order chi connectivity index (χ0) is 13.3. The van der Waals surface area contributed by atoms with E-state index in [0.29, 0.717) is 0 Å². The molecule has 18 heavy (non-hydrogen) atoms. The van der Waals surface area contributed by atoms with Crippen molar-refractivity contribution >= 4 is 33.0 Å². The molecule has 0 amide bonds. The lowest BCUT2D eigenvalue weighted by Gasteiger charge is -2.15. The van der Waals surface area contributed by atoms with Gasteiger partial charge in [0, 0.05) is 15.0 Å². The fourth-order valence-electron chi connectivity index (χ4n) is 1.85. The molecule has 1 atom stereocenters. The predicted molar refractivity (Wildman–Crippen MR) is 77.7 cm³/mol. The molecule has 2 rings (SSSR count). The maximum Gasteiger partial charge on any atom is 0.124 e. The standard InChI is InChI=1S/C13H14BrFN2S/c1-7-13(18-9(3)16-7)8(2)17-12-5-4-10(15)6-11(12)14/h4-6,8,17H,1-3H3. The summed E-state index contributed by atoms with van der Waals surface area (Å²) in [4.78, 5) is 5.63. The van der Waals surface area contributed by atoms with Crippen LogP contribution in [-0.2, 0) is 0 Å². The minimum absolute atomic E-state index is 0.151. The molecule has 0 saturated carbocycles. The Bertz CT molecular complexity index is 568. The predicted octanol–water partition coefficient (Wildman–Crippen LogP) is 4.83. The van der Waals surface area contributed by atoms with Crippen LogP contribution in [0.2, 0.25) is 0 Å². The van der Waals surface area contributed by atoms with Gasteiger partial charge in [0.05, 0.1) is 16.7 Å². The molecule has 1 unspecified atom stereocenters. The zero-order valence-electron chi connectivity index (χ0n) is 10.4. The van der Waals surface area contributed by atoms with Crippen LogP contribution in [0.25, 0.3) is 0 Å². The molecule has 2 nitrogen and oxygen atoms in total. The molecule has 0 saturated heterocycles. The second-order valence-electron chi connectivity index (χ2n) is 4.17. The zero-order valence-corrected chi connectivity index (χ0v) is 12.8. The molecule has 0 fully saturated rings. The third-order valence-corrected chi connectivity index (χ3v) is 4.55. The van der Waals surface area contributed by atoms with Gasteiger partial charge in [-0.25, -0.2) is 9.37 Å². The number of thiazole rings is 1. The van der Waals surface area contributed by atoms with Crippen molar-refractivity contribution in [2.24, 2.45) is 0 Å². The fourth-order valence-corrected chi connectivity index (χ4v) is 3.25. The van der Waals surface area contributed by atoms with Crippen LogP contribution in [0.5, 0.6) is 0 Å². The Morgan fingerprint density at radius 2 is 2.11 bits per heavy atom. The van der Waals surface area contributed by atoms with E-state index in [-0.39, 0.29) is 11.9 Å². The topological polar surface area (TPSA) is 24.9 Å². The minimum Gasteiger partial charge on any atom is -0.377 e. The fraction of sp³-hybridized carbons (Fsp3) is 0.308. The Morgan fingerprint density at radius 3 is 2.67 bits per heavy atom. The average Bonchev–Trinajstić information content (AvgIpc) is 2.62. The van der Waals surface area contributed by atoms with Crippen molar-refractivity contribution in [2.45, 2.75) is 26.8 Å². The number of aryl methyl sites for hydroxylation is 2. The van der Waals surface area contributed by atoms with Crippen LogP contribution in [0, 0.1) is 19.7 Å². The first-order chi connectivity index (χ1) is 8.47. The van der Waals surface area contributed by atoms with Crippen LogP contribution in [0.3, 0.4) is 0 Å². The first-order valence-corrected chi connectivity index (χ1v) is 7.24. The second-order valence-corrected chi connectivity index (χ2v) is 6.26. The van der Waals surface area contributed by atoms with E-state index in [1.165, 1.54) is 17.0 Å². The molecule has 0 bridgehead atoms. The summed E-state index contributed by atoms with van der Waals surface area (Å²) in [7, 11) is 0. The Labute approximate surface area is 118 Å². The summed E-state index contributed by atoms with van der Waals surface area (Å²) < 4.78 is 13.7. The number of hydrogen-bond acceptors (Lipinski definition) is 3. The van der Waals surface area contributed by atoms with E-state index in [9.17, 15) is 4.39 Å². The molecule has 2 aromatic rings. The summed E-state index contributed by atoms with van der Waals surface area (Å²) in [6, 6.07) is 4.79. The maximum atomic E-state index is 13.0. The number of nitrogens with one attached hydrogen (secondary N) is 1. The van der Waals surface area contributed by atoms with Crippen molar-refractivity contribution in [1.29, 1.82) is 0 Å². The molecular weight excluding hydrogens is 315 g/mol. The number of aromatic nitrogens is 1. The number of halogens is 2. The van der Waals surface area contributed by atoms with E-state index in [0.717, 1.165) is 20.9 Å². The van der Waals surface area contributed by atoms with Crippen LogP contribution in [0.1, 0.15) is 28.5 Å². The molecule has 0 aliphatic carbocycles. The molecule has 0 aliphatic heterocycles. The molecule has 1 aromatic carbocycles. The second kappa shape index (κ2) is 5.36. The van der Waals surface area contributed by atoms with E-state index >= 15 is 0 Å². The van der Waals surface area contributed by atoms with E-state index in [2.05, 4.69) is 33.2 Å². The van der Waals surface area contributed by atoms with Crippen molar-refractivity contribution in [1.82, 2.24) is 4.98 Å². The average molecular weight is 329 g/mol. The SMILES string of the molecule is Cc1nc(C)c(C(C)Nc2ccc(F)cc2Br)s1. The highest BCUT2D eigenvalue weighted by atomic mass is 79.9. The van der Waals surface area contributed by atoms with Gasteiger partial charge in [0.15, 0.2) is 0 Å². The molecule has 96 valence electrons. The Hall–Kier alpha value is -0.940. The third-order valence-electron chi connectivity index (χ3n) is 2.64. The number of hydrogen-bond donors (Lipinski definition) is 1. The molecule has 0 aliphatic rings. The Balaban J connectivity index is 2.21. The summed E-state index contributed by atoms with van der Waals surface area (Å²) in [6.07, 6.45) is 0. The summed E-state index contributed by atoms with van der Waals surface area (Å²) in [6.45, 7) is 6.09. The molecular formula is C13H14BrFN2S.